The minimum Gasteiger partial charge on any atom is -0.367 e. The normalized spacial score (nSPS) is 16.2. The van der Waals surface area contributed by atoms with Crippen LogP contribution in [0.1, 0.15) is 43.0 Å². The summed E-state index contributed by atoms with van der Waals surface area (Å²) in [5, 5.41) is 8.15. The smallest absolute Gasteiger partial charge is 0.252 e. The lowest BCUT2D eigenvalue weighted by Gasteiger charge is -2.29. The maximum atomic E-state index is 12.8. The Kier molecular flexibility index (Phi) is 6.26. The molecule has 30 heavy (non-hydrogen) atoms. The fourth-order valence-corrected chi connectivity index (χ4v) is 4.90. The summed E-state index contributed by atoms with van der Waals surface area (Å²) in [6.07, 6.45) is 4.27. The number of piperidine rings is 1. The number of hydrogen-bond acceptors (Lipinski definition) is 7. The van der Waals surface area contributed by atoms with E-state index < -0.39 is 10.0 Å². The predicted octanol–water partition coefficient (Wildman–Crippen LogP) is 2.57. The van der Waals surface area contributed by atoms with Crippen molar-refractivity contribution >= 4 is 10.0 Å². The molecule has 0 bridgehead atoms. The van der Waals surface area contributed by atoms with Gasteiger partial charge in [-0.25, -0.2) is 8.42 Å². The van der Waals surface area contributed by atoms with Crippen LogP contribution in [0.15, 0.2) is 52.1 Å². The summed E-state index contributed by atoms with van der Waals surface area (Å²) in [4.78, 5) is 4.68. The first-order chi connectivity index (χ1) is 14.6. The zero-order valence-corrected chi connectivity index (χ0v) is 17.7. The van der Waals surface area contributed by atoms with Gasteiger partial charge in [0.15, 0.2) is 5.82 Å². The van der Waals surface area contributed by atoms with Crippen LogP contribution in [0.5, 0.6) is 0 Å². The Morgan fingerprint density at radius 3 is 2.63 bits per heavy atom. The first kappa shape index (κ1) is 20.7. The highest BCUT2D eigenvalue weighted by atomic mass is 32.2. The molecular weight excluding hydrogens is 406 g/mol. The molecule has 3 heterocycles. The van der Waals surface area contributed by atoms with Crippen LogP contribution >= 0.6 is 0 Å². The lowest BCUT2D eigenvalue weighted by atomic mass is 9.98. The third-order valence-electron chi connectivity index (χ3n) is 5.21. The molecular formula is C20H25N5O4S. The highest BCUT2D eigenvalue weighted by Gasteiger charge is 2.32. The second kappa shape index (κ2) is 9.07. The van der Waals surface area contributed by atoms with Gasteiger partial charge in [0.25, 0.3) is 5.89 Å². The lowest BCUT2D eigenvalue weighted by Crippen LogP contribution is -2.38. The molecule has 4 rings (SSSR count). The van der Waals surface area contributed by atoms with Gasteiger partial charge in [-0.3, -0.25) is 4.68 Å². The van der Waals surface area contributed by atoms with E-state index in [2.05, 4.69) is 15.2 Å². The van der Waals surface area contributed by atoms with E-state index in [1.807, 2.05) is 37.3 Å². The first-order valence-electron chi connectivity index (χ1n) is 10.0. The summed E-state index contributed by atoms with van der Waals surface area (Å²) in [5.74, 6) is 1.12. The van der Waals surface area contributed by atoms with Crippen LogP contribution in [0, 0.1) is 0 Å². The van der Waals surface area contributed by atoms with Gasteiger partial charge in [-0.1, -0.05) is 35.5 Å². The van der Waals surface area contributed by atoms with E-state index in [-0.39, 0.29) is 17.4 Å². The Labute approximate surface area is 175 Å². The second-order valence-electron chi connectivity index (χ2n) is 7.23. The van der Waals surface area contributed by atoms with E-state index in [9.17, 15) is 8.42 Å². The number of hydrogen-bond donors (Lipinski definition) is 0. The SMILES string of the molecule is CCn1cc(S(=O)(=O)N2CCC(c3noc(COCc4ccccc4)n3)CC2)cn1. The van der Waals surface area contributed by atoms with Crippen molar-refractivity contribution in [1.82, 2.24) is 24.2 Å². The van der Waals surface area contributed by atoms with Crippen molar-refractivity contribution in [2.24, 2.45) is 0 Å². The van der Waals surface area contributed by atoms with Crippen LogP contribution < -0.4 is 0 Å². The summed E-state index contributed by atoms with van der Waals surface area (Å²) in [5.41, 5.74) is 1.08. The van der Waals surface area contributed by atoms with Gasteiger partial charge in [0.1, 0.15) is 11.5 Å². The molecule has 0 unspecified atom stereocenters. The molecule has 0 spiro atoms. The lowest BCUT2D eigenvalue weighted by molar-refractivity contribution is 0.0850. The summed E-state index contributed by atoms with van der Waals surface area (Å²) >= 11 is 0. The Morgan fingerprint density at radius 1 is 1.17 bits per heavy atom. The van der Waals surface area contributed by atoms with Crippen molar-refractivity contribution in [3.63, 3.8) is 0 Å². The molecule has 1 saturated heterocycles. The number of benzene rings is 1. The van der Waals surface area contributed by atoms with Gasteiger partial charge in [-0.05, 0) is 25.3 Å². The van der Waals surface area contributed by atoms with E-state index in [0.717, 1.165) is 5.56 Å². The molecule has 0 amide bonds. The van der Waals surface area contributed by atoms with E-state index >= 15 is 0 Å². The van der Waals surface area contributed by atoms with Crippen molar-refractivity contribution in [2.75, 3.05) is 13.1 Å². The fraction of sp³-hybridized carbons (Fsp3) is 0.450. The van der Waals surface area contributed by atoms with Gasteiger partial charge in [0.2, 0.25) is 10.0 Å². The molecule has 9 nitrogen and oxygen atoms in total. The van der Waals surface area contributed by atoms with Crippen molar-refractivity contribution in [2.45, 2.75) is 50.3 Å². The maximum absolute atomic E-state index is 12.8. The van der Waals surface area contributed by atoms with Gasteiger partial charge in [0.05, 0.1) is 12.8 Å². The highest BCUT2D eigenvalue weighted by Crippen LogP contribution is 2.29. The summed E-state index contributed by atoms with van der Waals surface area (Å²) < 4.78 is 39.7. The average molecular weight is 432 g/mol. The van der Waals surface area contributed by atoms with Crippen molar-refractivity contribution in [3.05, 3.63) is 60.0 Å². The minimum absolute atomic E-state index is 0.0708. The molecule has 2 aromatic heterocycles. The Balaban J connectivity index is 1.30. The molecule has 10 heteroatoms. The minimum atomic E-state index is -3.52. The summed E-state index contributed by atoms with van der Waals surface area (Å²) in [6, 6.07) is 9.88. The van der Waals surface area contributed by atoms with Crippen molar-refractivity contribution in [3.8, 4) is 0 Å². The van der Waals surface area contributed by atoms with Crippen LogP contribution in [-0.4, -0.2) is 45.7 Å². The number of rotatable bonds is 8. The van der Waals surface area contributed by atoms with E-state index in [1.165, 1.54) is 10.5 Å². The van der Waals surface area contributed by atoms with Crippen molar-refractivity contribution < 1.29 is 17.7 Å². The molecule has 1 aliphatic rings. The molecule has 0 N–H and O–H groups in total. The molecule has 160 valence electrons. The number of aryl methyl sites for hydroxylation is 1. The van der Waals surface area contributed by atoms with Crippen LogP contribution in [0.2, 0.25) is 0 Å². The number of ether oxygens (including phenoxy) is 1. The van der Waals surface area contributed by atoms with E-state index in [1.54, 1.807) is 10.9 Å². The zero-order chi connectivity index (χ0) is 21.0. The van der Waals surface area contributed by atoms with Gasteiger partial charge >= 0.3 is 0 Å². The van der Waals surface area contributed by atoms with Gasteiger partial charge in [0, 0.05) is 31.7 Å². The largest absolute Gasteiger partial charge is 0.367 e. The van der Waals surface area contributed by atoms with Gasteiger partial charge in [-0.2, -0.15) is 14.4 Å². The maximum Gasteiger partial charge on any atom is 0.252 e. The molecule has 1 fully saturated rings. The van der Waals surface area contributed by atoms with E-state index in [4.69, 9.17) is 9.26 Å². The summed E-state index contributed by atoms with van der Waals surface area (Å²) in [7, 11) is -3.52. The molecule has 0 saturated carbocycles. The Morgan fingerprint density at radius 2 is 1.93 bits per heavy atom. The van der Waals surface area contributed by atoms with Crippen LogP contribution in [0.4, 0.5) is 0 Å². The molecule has 3 aromatic rings. The molecule has 1 aliphatic heterocycles. The van der Waals surface area contributed by atoms with Crippen LogP contribution in [0.25, 0.3) is 0 Å². The third kappa shape index (κ3) is 4.61. The fourth-order valence-electron chi connectivity index (χ4n) is 3.48. The second-order valence-corrected chi connectivity index (χ2v) is 9.17. The zero-order valence-electron chi connectivity index (χ0n) is 16.8. The quantitative estimate of drug-likeness (QED) is 0.540. The average Bonchev–Trinajstić information content (AvgIpc) is 3.45. The van der Waals surface area contributed by atoms with E-state index in [0.29, 0.717) is 50.8 Å². The molecule has 1 aromatic carbocycles. The van der Waals surface area contributed by atoms with Crippen LogP contribution in [0.3, 0.4) is 0 Å². The molecule has 0 radical (unpaired) electrons. The Hall–Kier alpha value is -2.56. The highest BCUT2D eigenvalue weighted by molar-refractivity contribution is 7.89. The first-order valence-corrected chi connectivity index (χ1v) is 11.5. The summed E-state index contributed by atoms with van der Waals surface area (Å²) in [6.45, 7) is 4.10. The molecule has 0 aliphatic carbocycles. The number of aromatic nitrogens is 4. The van der Waals surface area contributed by atoms with Gasteiger partial charge in [-0.15, -0.1) is 0 Å². The van der Waals surface area contributed by atoms with Crippen LogP contribution in [-0.2, 0) is 34.5 Å². The third-order valence-corrected chi connectivity index (χ3v) is 7.06. The number of sulfonamides is 1. The Bertz CT molecular complexity index is 1060. The predicted molar refractivity (Wildman–Crippen MR) is 108 cm³/mol. The monoisotopic (exact) mass is 431 g/mol. The topological polar surface area (TPSA) is 103 Å². The number of nitrogens with zero attached hydrogens (tertiary/aromatic N) is 5. The van der Waals surface area contributed by atoms with Crippen molar-refractivity contribution in [1.29, 1.82) is 0 Å². The standard InChI is InChI=1S/C20H25N5O4S/c1-2-24-13-18(12-21-24)30(26,27)25-10-8-17(9-11-25)20-22-19(29-23-20)15-28-14-16-6-4-3-5-7-16/h3-7,12-13,17H,2,8-11,14-15H2,1H3. The van der Waals surface area contributed by atoms with Gasteiger partial charge < -0.3 is 9.26 Å². The molecule has 0 atom stereocenters.